The summed E-state index contributed by atoms with van der Waals surface area (Å²) >= 11 is 1.51. The number of carbonyl (C=O) groups excluding carboxylic acids is 1. The highest BCUT2D eigenvalue weighted by Crippen LogP contribution is 2.26. The maximum atomic E-state index is 13.0. The van der Waals surface area contributed by atoms with Crippen LogP contribution in [0.15, 0.2) is 88.4 Å². The van der Waals surface area contributed by atoms with Gasteiger partial charge in [-0.3, -0.25) is 5.43 Å². The lowest BCUT2D eigenvalue weighted by atomic mass is 9.62. The van der Waals surface area contributed by atoms with Gasteiger partial charge in [0.05, 0.1) is 10.6 Å². The Bertz CT molecular complexity index is 1190. The number of carbonyl (C=O) groups is 1. The molecule has 0 bridgehead atoms. The van der Waals surface area contributed by atoms with E-state index in [9.17, 15) is 4.79 Å². The fraction of sp³-hybridized carbons (Fsp3) is 0.0476. The molecule has 5 rings (SSSR count). The molecule has 1 unspecified atom stereocenters. The Morgan fingerprint density at radius 2 is 1.73 bits per heavy atom. The summed E-state index contributed by atoms with van der Waals surface area (Å²) < 4.78 is 13.8. The summed E-state index contributed by atoms with van der Waals surface area (Å²) in [6, 6.07) is 22.6. The molecule has 7 nitrogen and oxygen atoms in total. The summed E-state index contributed by atoms with van der Waals surface area (Å²) in [5.74, 6) is -0.156. The molecule has 148 valence electrons. The minimum absolute atomic E-state index is 0.145. The maximum absolute atomic E-state index is 13.0. The smallest absolute Gasteiger partial charge is 0.599 e. The zero-order valence-electron chi connectivity index (χ0n) is 16.1. The molecule has 1 N–H and O–H groups in total. The van der Waals surface area contributed by atoms with E-state index in [1.54, 1.807) is 11.5 Å². The summed E-state index contributed by atoms with van der Waals surface area (Å²) in [6.07, 6.45) is 0. The quantitative estimate of drug-likeness (QED) is 0.524. The van der Waals surface area contributed by atoms with Gasteiger partial charge in [-0.2, -0.15) is 5.10 Å². The highest BCUT2D eigenvalue weighted by molar-refractivity contribution is 7.12. The fourth-order valence-electron chi connectivity index (χ4n) is 3.50. The van der Waals surface area contributed by atoms with E-state index in [2.05, 4.69) is 15.6 Å². The molecule has 0 fully saturated rings. The number of hydrogen-bond donors (Lipinski definition) is 1. The van der Waals surface area contributed by atoms with Crippen molar-refractivity contribution < 1.29 is 18.7 Å². The molecule has 2 aliphatic heterocycles. The van der Waals surface area contributed by atoms with Crippen LogP contribution in [0.1, 0.15) is 11.8 Å². The van der Waals surface area contributed by atoms with E-state index in [1.807, 2.05) is 78.2 Å². The van der Waals surface area contributed by atoms with Crippen molar-refractivity contribution >= 4 is 52.5 Å². The van der Waals surface area contributed by atoms with E-state index in [0.717, 1.165) is 16.0 Å². The van der Waals surface area contributed by atoms with Crippen molar-refractivity contribution in [2.24, 2.45) is 10.2 Å². The number of nitrogens with one attached hydrogen (secondary N) is 1. The summed E-state index contributed by atoms with van der Waals surface area (Å²) in [5.41, 5.74) is 5.08. The molecule has 9 heteroatoms. The molecule has 0 saturated heterocycles. The van der Waals surface area contributed by atoms with E-state index in [0.29, 0.717) is 11.6 Å². The van der Waals surface area contributed by atoms with Gasteiger partial charge in [-0.25, -0.2) is 9.39 Å². The second-order valence-electron chi connectivity index (χ2n) is 6.86. The predicted octanol–water partition coefficient (Wildman–Crippen LogP) is 2.78. The number of rotatable bonds is 4. The topological polar surface area (TPSA) is 75.3 Å². The molecule has 2 aliphatic rings. The number of nitrogens with zero attached hydrogens (tertiary/aromatic N) is 3. The molecule has 0 amide bonds. The Balaban J connectivity index is 1.62. The summed E-state index contributed by atoms with van der Waals surface area (Å²) in [4.78, 5) is 13.8. The van der Waals surface area contributed by atoms with Gasteiger partial charge in [-0.1, -0.05) is 54.6 Å². The molecule has 0 saturated carbocycles. The van der Waals surface area contributed by atoms with Crippen molar-refractivity contribution in [2.75, 3.05) is 5.43 Å². The van der Waals surface area contributed by atoms with E-state index >= 15 is 0 Å². The van der Waals surface area contributed by atoms with Crippen molar-refractivity contribution in [1.82, 2.24) is 0 Å². The van der Waals surface area contributed by atoms with Crippen LogP contribution in [0.3, 0.4) is 0 Å². The van der Waals surface area contributed by atoms with Gasteiger partial charge < -0.3 is 9.31 Å². The summed E-state index contributed by atoms with van der Waals surface area (Å²) in [5, 5.41) is 10.9. The zero-order chi connectivity index (χ0) is 20.6. The van der Waals surface area contributed by atoms with Crippen LogP contribution in [0.4, 0.5) is 5.69 Å². The highest BCUT2D eigenvalue weighted by atomic mass is 32.1. The van der Waals surface area contributed by atoms with Gasteiger partial charge in [0.2, 0.25) is 11.6 Å². The second kappa shape index (κ2) is 7.27. The van der Waals surface area contributed by atoms with E-state index < -0.39 is 12.7 Å². The normalized spacial score (nSPS) is 21.7. The van der Waals surface area contributed by atoms with Crippen LogP contribution in [-0.2, 0) is 14.1 Å². The van der Waals surface area contributed by atoms with Crippen molar-refractivity contribution in [3.05, 3.63) is 83.1 Å². The Morgan fingerprint density at radius 1 is 1.00 bits per heavy atom. The largest absolute Gasteiger partial charge is 0.712 e. The fourth-order valence-corrected chi connectivity index (χ4v) is 4.15. The molecule has 1 atom stereocenters. The first-order valence-corrected chi connectivity index (χ1v) is 10.3. The minimum Gasteiger partial charge on any atom is -0.599 e. The molecular weight excluding hydrogens is 399 g/mol. The van der Waals surface area contributed by atoms with Gasteiger partial charge in [-0.15, -0.1) is 11.3 Å². The molecule has 2 aromatic carbocycles. The lowest BCUT2D eigenvalue weighted by Gasteiger charge is -2.32. The number of anilines is 1. The molecule has 30 heavy (non-hydrogen) atoms. The number of hydrazone groups is 2. The number of hydrogen-bond acceptors (Lipinski definition) is 7. The number of thiophene rings is 1. The Hall–Kier alpha value is -3.72. The average molecular weight is 416 g/mol. The standard InChI is InChI=1S/C21H17BN4O3S/c1-15-19(24-23-17-11-6-3-7-12-17)21(27)29-22(16-9-4-2-5-10-16)26(15)25-20(28-22)18-13-8-14-30-18/h2-14,23H,1H3/b24-19-. The Labute approximate surface area is 177 Å². The third-order valence-electron chi connectivity index (χ3n) is 4.96. The van der Waals surface area contributed by atoms with Crippen LogP contribution < -0.4 is 10.9 Å². The summed E-state index contributed by atoms with van der Waals surface area (Å²) in [7, 11) is 0. The number of fused-ring (bicyclic) bond motifs is 1. The van der Waals surface area contributed by atoms with Gasteiger partial charge in [-0.05, 0) is 34.1 Å². The van der Waals surface area contributed by atoms with Crippen molar-refractivity contribution in [3.8, 4) is 0 Å². The first kappa shape index (κ1) is 18.3. The predicted molar refractivity (Wildman–Crippen MR) is 118 cm³/mol. The van der Waals surface area contributed by atoms with Crippen LogP contribution in [0.2, 0.25) is 0 Å². The molecule has 3 aromatic rings. The Morgan fingerprint density at radius 3 is 2.43 bits per heavy atom. The maximum Gasteiger partial charge on any atom is 0.712 e. The molecule has 3 heterocycles. The first-order valence-electron chi connectivity index (χ1n) is 9.44. The third kappa shape index (κ3) is 3.00. The van der Waals surface area contributed by atoms with Gasteiger partial charge in [0.25, 0.3) is 0 Å². The van der Waals surface area contributed by atoms with Crippen LogP contribution >= 0.6 is 11.3 Å². The first-order chi connectivity index (χ1) is 14.7. The molecule has 1 aromatic heterocycles. The lowest BCUT2D eigenvalue weighted by Crippen LogP contribution is -2.65. The highest BCUT2D eigenvalue weighted by Gasteiger charge is 2.61. The molecule has 0 radical (unpaired) electrons. The van der Waals surface area contributed by atoms with Crippen LogP contribution in [0.5, 0.6) is 0 Å². The van der Waals surface area contributed by atoms with Crippen molar-refractivity contribution in [3.63, 3.8) is 0 Å². The van der Waals surface area contributed by atoms with Crippen LogP contribution in [-0.4, -0.2) is 34.6 Å². The third-order valence-corrected chi connectivity index (χ3v) is 5.82. The van der Waals surface area contributed by atoms with E-state index in [4.69, 9.17) is 9.31 Å². The van der Waals surface area contributed by atoms with Gasteiger partial charge in [0.1, 0.15) is 0 Å². The summed E-state index contributed by atoms with van der Waals surface area (Å²) in [6.45, 7) is -0.562. The molecule has 0 aliphatic carbocycles. The lowest BCUT2D eigenvalue weighted by molar-refractivity contribution is -0.420. The van der Waals surface area contributed by atoms with Gasteiger partial charge >= 0.3 is 12.7 Å². The van der Waals surface area contributed by atoms with Crippen molar-refractivity contribution in [1.29, 1.82) is 0 Å². The Kier molecular flexibility index (Phi) is 4.44. The minimum atomic E-state index is -2.35. The molecular formula is C21H17BN4O3S. The van der Waals surface area contributed by atoms with E-state index in [-0.39, 0.29) is 5.71 Å². The average Bonchev–Trinajstić information content (AvgIpc) is 3.44. The number of para-hydroxylation sites is 1. The zero-order valence-corrected chi connectivity index (χ0v) is 16.9. The molecule has 0 spiro atoms. The van der Waals surface area contributed by atoms with Gasteiger partial charge in [0, 0.05) is 6.92 Å². The van der Waals surface area contributed by atoms with Crippen molar-refractivity contribution in [2.45, 2.75) is 6.92 Å². The van der Waals surface area contributed by atoms with Crippen LogP contribution in [0.25, 0.3) is 0 Å². The second-order valence-corrected chi connectivity index (χ2v) is 7.80. The van der Waals surface area contributed by atoms with E-state index in [1.165, 1.54) is 11.3 Å². The number of benzene rings is 2. The SMILES string of the molecule is CC1=[N+]2N=C(c3cccs3)O[B-]2(c2ccccc2)OC(=O)/C1=N\Nc1ccccc1. The van der Waals surface area contributed by atoms with Crippen LogP contribution in [0, 0.1) is 0 Å². The van der Waals surface area contributed by atoms with Gasteiger partial charge in [0.15, 0.2) is 5.71 Å². The monoisotopic (exact) mass is 416 g/mol.